The van der Waals surface area contributed by atoms with E-state index in [0.717, 1.165) is 0 Å². The summed E-state index contributed by atoms with van der Waals surface area (Å²) in [6.45, 7) is 22.0. The van der Waals surface area contributed by atoms with E-state index < -0.39 is 0 Å². The van der Waals surface area contributed by atoms with Gasteiger partial charge in [0.1, 0.15) is 0 Å². The van der Waals surface area contributed by atoms with E-state index in [0.29, 0.717) is 0 Å². The van der Waals surface area contributed by atoms with E-state index in [1.807, 2.05) is 47.3 Å². The first-order valence-electron chi connectivity index (χ1n) is 16.3. The summed E-state index contributed by atoms with van der Waals surface area (Å²) in [6.07, 6.45) is 16.7. The Morgan fingerprint density at radius 3 is 0.405 bits per heavy atom. The van der Waals surface area contributed by atoms with Crippen LogP contribution in [-0.2, 0) is 33.6 Å². The number of hydrogen-bond donors (Lipinski definition) is 0. The molecular weight excluding hydrogens is 598 g/mol. The molecule has 0 N–H and O–H groups in total. The fourth-order valence-electron chi connectivity index (χ4n) is 8.33. The van der Waals surface area contributed by atoms with Crippen LogP contribution < -0.4 is 0 Å². The first-order valence-corrected chi connectivity index (χ1v) is 16.3. The summed E-state index contributed by atoms with van der Waals surface area (Å²) in [5.74, 6) is 29.3. The Bertz CT molecular complexity index is 570. The Kier molecular flexibility index (Phi) is 14.0. The van der Waals surface area contributed by atoms with Gasteiger partial charge in [-0.1, -0.05) is 94.9 Å². The average Bonchev–Trinajstić information content (AvgIpc) is 3.20. The van der Waals surface area contributed by atoms with Crippen molar-refractivity contribution in [2.45, 2.75) is 146 Å². The zero-order valence-corrected chi connectivity index (χ0v) is 30.2. The largest absolute Gasteiger partial charge is 0.0579 e. The quantitative estimate of drug-likeness (QED) is 0.244. The molecule has 42 heavy (non-hydrogen) atoms. The van der Waals surface area contributed by atoms with Crippen LogP contribution in [0, 0.1) is 107 Å². The van der Waals surface area contributed by atoms with E-state index in [4.69, 9.17) is 0 Å². The maximum atomic E-state index is 2.20. The molecule has 8 aliphatic carbocycles. The van der Waals surface area contributed by atoms with E-state index in [-0.39, 0.29) is 33.6 Å². The van der Waals surface area contributed by atoms with Gasteiger partial charge in [-0.3, -0.25) is 0 Å². The molecule has 0 aromatic rings. The molecule has 0 aromatic heterocycles. The molecule has 8 saturated carbocycles. The minimum atomic E-state index is 0. The van der Waals surface area contributed by atoms with Crippen molar-refractivity contribution in [2.24, 2.45) is 0 Å². The predicted octanol–water partition coefficient (Wildman–Crippen LogP) is 11.3. The standard InChI is InChI=1S/C20H24.2C10H15.2Co/c1-5-13-15-7-2-8-16-14(6-1)18-10-3-9-17(13)19(15)11-4-12-20(16)18;2*1-6-7(2)9(4)10(5)8(6)3;;/h1-12H2;2*1-5H3;;. The summed E-state index contributed by atoms with van der Waals surface area (Å²) in [6, 6.07) is 0. The van der Waals surface area contributed by atoms with Crippen molar-refractivity contribution in [3.8, 4) is 0 Å². The van der Waals surface area contributed by atoms with Crippen LogP contribution in [0.15, 0.2) is 0 Å². The third-order valence-corrected chi connectivity index (χ3v) is 12.0. The number of fused-ring (bicyclic) bond motifs is 8. The van der Waals surface area contributed by atoms with Gasteiger partial charge in [0.2, 0.25) is 0 Å². The Labute approximate surface area is 285 Å². The van der Waals surface area contributed by atoms with Crippen molar-refractivity contribution >= 4 is 0 Å². The second-order valence-electron chi connectivity index (χ2n) is 13.5. The van der Waals surface area contributed by atoms with Gasteiger partial charge in [-0.05, 0) is 158 Å². The molecular formula is C40H54Co2. The molecule has 20 radical (unpaired) electrons. The Morgan fingerprint density at radius 1 is 0.214 bits per heavy atom. The SMILES string of the molecule is C1C[C]2[C]3CCC[C]4[C](C1)[C]1CCC[C]2[C]3CCC[C]41.C[C]1[C](C)[C](C)[C](C)[C]1C.C[C]1[C](C)[C](C)[C](C)[C]1C.[Co].[Co]. The molecule has 8 rings (SSSR count). The van der Waals surface area contributed by atoms with Gasteiger partial charge < -0.3 is 0 Å². The summed E-state index contributed by atoms with van der Waals surface area (Å²) in [5.41, 5.74) is 0. The van der Waals surface area contributed by atoms with Crippen LogP contribution in [0.3, 0.4) is 0 Å². The van der Waals surface area contributed by atoms with E-state index in [9.17, 15) is 0 Å². The van der Waals surface area contributed by atoms with E-state index in [2.05, 4.69) is 69.2 Å². The molecule has 0 unspecified atom stereocenters. The maximum Gasteiger partial charge on any atom is 0 e. The van der Waals surface area contributed by atoms with E-state index >= 15 is 0 Å². The molecule has 0 aromatic carbocycles. The van der Waals surface area contributed by atoms with E-state index in [1.165, 1.54) is 136 Å². The topological polar surface area (TPSA) is 0 Å². The van der Waals surface area contributed by atoms with Crippen molar-refractivity contribution in [1.82, 2.24) is 0 Å². The zero-order chi connectivity index (χ0) is 28.9. The molecule has 0 spiro atoms. The third kappa shape index (κ3) is 6.98. The summed E-state index contributed by atoms with van der Waals surface area (Å²) >= 11 is 0. The van der Waals surface area contributed by atoms with Crippen LogP contribution in [0.2, 0.25) is 0 Å². The van der Waals surface area contributed by atoms with Crippen LogP contribution in [0.4, 0.5) is 0 Å². The predicted molar refractivity (Wildman–Crippen MR) is 171 cm³/mol. The summed E-state index contributed by atoms with van der Waals surface area (Å²) in [7, 11) is 0. The van der Waals surface area contributed by atoms with Gasteiger partial charge in [0, 0.05) is 33.6 Å². The molecule has 8 fully saturated rings. The van der Waals surface area contributed by atoms with Gasteiger partial charge in [-0.25, -0.2) is 0 Å². The van der Waals surface area contributed by atoms with Gasteiger partial charge in [-0.15, -0.1) is 0 Å². The molecule has 0 aliphatic heterocycles. The summed E-state index contributed by atoms with van der Waals surface area (Å²) in [4.78, 5) is 0. The molecule has 0 atom stereocenters. The monoisotopic (exact) mass is 652 g/mol. The van der Waals surface area contributed by atoms with Crippen LogP contribution in [-0.4, -0.2) is 0 Å². The van der Waals surface area contributed by atoms with Crippen molar-refractivity contribution in [1.29, 1.82) is 0 Å². The molecule has 0 saturated heterocycles. The smallest absolute Gasteiger partial charge is 0 e. The third-order valence-electron chi connectivity index (χ3n) is 12.0. The van der Waals surface area contributed by atoms with Crippen molar-refractivity contribution in [3.63, 3.8) is 0 Å². The van der Waals surface area contributed by atoms with Gasteiger partial charge >= 0.3 is 0 Å². The van der Waals surface area contributed by atoms with Crippen LogP contribution >= 0.6 is 0 Å². The molecule has 0 heterocycles. The second-order valence-corrected chi connectivity index (χ2v) is 13.5. The van der Waals surface area contributed by atoms with Gasteiger partial charge in [0.25, 0.3) is 0 Å². The average molecular weight is 653 g/mol. The molecule has 0 nitrogen and oxygen atoms in total. The Balaban J connectivity index is 0.000000189. The maximum absolute atomic E-state index is 2.20. The zero-order valence-electron chi connectivity index (χ0n) is 28.2. The van der Waals surface area contributed by atoms with Gasteiger partial charge in [0.05, 0.1) is 0 Å². The molecule has 2 heteroatoms. The second kappa shape index (κ2) is 15.7. The molecule has 232 valence electrons. The summed E-state index contributed by atoms with van der Waals surface area (Å²) in [5, 5.41) is 0. The molecule has 8 aliphatic rings. The minimum absolute atomic E-state index is 0. The van der Waals surface area contributed by atoms with Crippen molar-refractivity contribution in [3.05, 3.63) is 107 Å². The Hall–Kier alpha value is 1.01. The number of hydrogen-bond acceptors (Lipinski definition) is 0. The normalized spacial score (nSPS) is 30.7. The number of rotatable bonds is 0. The van der Waals surface area contributed by atoms with Gasteiger partial charge in [0.15, 0.2) is 0 Å². The fraction of sp³-hybridized carbons (Fsp3) is 0.550. The van der Waals surface area contributed by atoms with Crippen LogP contribution in [0.25, 0.3) is 0 Å². The van der Waals surface area contributed by atoms with Crippen molar-refractivity contribution in [2.75, 3.05) is 0 Å². The first kappa shape index (κ1) is 37.5. The van der Waals surface area contributed by atoms with Gasteiger partial charge in [-0.2, -0.15) is 0 Å². The first-order chi connectivity index (χ1) is 19.0. The van der Waals surface area contributed by atoms with E-state index in [1.54, 1.807) is 0 Å². The van der Waals surface area contributed by atoms with Crippen LogP contribution in [0.1, 0.15) is 146 Å². The molecule has 8 bridgehead atoms. The van der Waals surface area contributed by atoms with Crippen LogP contribution in [0.5, 0.6) is 0 Å². The van der Waals surface area contributed by atoms with Crippen molar-refractivity contribution < 1.29 is 33.6 Å². The Morgan fingerprint density at radius 2 is 0.310 bits per heavy atom. The fourth-order valence-corrected chi connectivity index (χ4v) is 8.33. The molecule has 0 amide bonds. The summed E-state index contributed by atoms with van der Waals surface area (Å²) < 4.78 is 0. The minimum Gasteiger partial charge on any atom is -0.0579 e.